The molecular weight excluding hydrogens is 240 g/mol. The molecule has 0 amide bonds. The molecule has 0 N–H and O–H groups in total. The molecule has 0 aliphatic rings. The van der Waals surface area contributed by atoms with Crippen molar-refractivity contribution in [1.82, 2.24) is 14.6 Å². The monoisotopic (exact) mass is 243 g/mol. The van der Waals surface area contributed by atoms with Gasteiger partial charge in [0, 0.05) is 0 Å². The molecule has 0 unspecified atom stereocenters. The quantitative estimate of drug-likeness (QED) is 0.442. The fourth-order valence-electron chi connectivity index (χ4n) is 0.950. The van der Waals surface area contributed by atoms with Gasteiger partial charge >= 0.3 is 29.7 Å². The van der Waals surface area contributed by atoms with Crippen LogP contribution >= 0.6 is 0 Å². The Balaban J connectivity index is 0.000000980. The van der Waals surface area contributed by atoms with E-state index in [1.807, 2.05) is 0 Å². The summed E-state index contributed by atoms with van der Waals surface area (Å²) in [5.41, 5.74) is 0.346. The zero-order valence-electron chi connectivity index (χ0n) is 7.40. The Morgan fingerprint density at radius 3 is 2.87 bits per heavy atom. The van der Waals surface area contributed by atoms with Crippen molar-refractivity contribution >= 4 is 28.7 Å². The van der Waals surface area contributed by atoms with Crippen molar-refractivity contribution in [3.05, 3.63) is 24.5 Å². The van der Waals surface area contributed by atoms with Crippen LogP contribution in [0.3, 0.4) is 0 Å². The van der Waals surface area contributed by atoms with E-state index in [9.17, 15) is 8.78 Å². The van der Waals surface area contributed by atoms with Crippen molar-refractivity contribution in [1.29, 1.82) is 0 Å². The summed E-state index contributed by atoms with van der Waals surface area (Å²) in [7, 11) is 0. The molecule has 0 aromatic carbocycles. The summed E-state index contributed by atoms with van der Waals surface area (Å²) in [6.45, 7) is -2.85. The second-order valence-electron chi connectivity index (χ2n) is 2.22. The first-order valence-electron chi connectivity index (χ1n) is 3.42. The zero-order chi connectivity index (χ0) is 9.26. The molecule has 0 saturated heterocycles. The van der Waals surface area contributed by atoms with Crippen LogP contribution in [0.25, 0.3) is 5.65 Å². The van der Waals surface area contributed by atoms with Gasteiger partial charge in [-0.2, -0.15) is 19.9 Å². The van der Waals surface area contributed by atoms with E-state index < -0.39 is 6.61 Å². The SMILES string of the molecule is FC(F)Oc1cc[c-]c2nncn12.[Cl-].[Mg+2]. The molecule has 2 heterocycles. The fraction of sp³-hybridized carbons (Fsp3) is 0.143. The van der Waals surface area contributed by atoms with Crippen LogP contribution in [0.5, 0.6) is 5.88 Å². The first kappa shape index (κ1) is 14.3. The van der Waals surface area contributed by atoms with Gasteiger partial charge in [0.05, 0.1) is 5.65 Å². The van der Waals surface area contributed by atoms with E-state index in [4.69, 9.17) is 0 Å². The van der Waals surface area contributed by atoms with Crippen LogP contribution in [0.4, 0.5) is 8.78 Å². The summed E-state index contributed by atoms with van der Waals surface area (Å²) < 4.78 is 29.2. The molecule has 2 aromatic heterocycles. The number of aromatic nitrogens is 3. The first-order chi connectivity index (χ1) is 6.27. The van der Waals surface area contributed by atoms with Crippen LogP contribution in [0.2, 0.25) is 0 Å². The van der Waals surface area contributed by atoms with Crippen molar-refractivity contribution in [2.24, 2.45) is 0 Å². The molecule has 2 rings (SSSR count). The molecule has 0 spiro atoms. The second kappa shape index (κ2) is 6.04. The van der Waals surface area contributed by atoms with E-state index in [-0.39, 0.29) is 41.3 Å². The van der Waals surface area contributed by atoms with Gasteiger partial charge < -0.3 is 17.1 Å². The molecule has 8 heteroatoms. The Morgan fingerprint density at radius 1 is 1.47 bits per heavy atom. The summed E-state index contributed by atoms with van der Waals surface area (Å²) >= 11 is 0. The van der Waals surface area contributed by atoms with Gasteiger partial charge in [-0.3, -0.25) is 4.40 Å². The first-order valence-corrected chi connectivity index (χ1v) is 3.42. The van der Waals surface area contributed by atoms with Crippen LogP contribution in [-0.4, -0.2) is 44.3 Å². The number of ether oxygens (including phenoxy) is 1. The third-order valence-corrected chi connectivity index (χ3v) is 1.43. The minimum Gasteiger partial charge on any atom is -1.00 e. The summed E-state index contributed by atoms with van der Waals surface area (Å²) in [5.74, 6) is -0.00579. The summed E-state index contributed by atoms with van der Waals surface area (Å²) in [4.78, 5) is 0. The fourth-order valence-corrected chi connectivity index (χ4v) is 0.950. The number of fused-ring (bicyclic) bond motifs is 1. The molecule has 0 radical (unpaired) electrons. The Labute approximate surface area is 106 Å². The van der Waals surface area contributed by atoms with Gasteiger partial charge in [0.2, 0.25) is 0 Å². The molecule has 0 bridgehead atoms. The Kier molecular flexibility index (Phi) is 5.77. The van der Waals surface area contributed by atoms with Crippen LogP contribution in [0, 0.1) is 6.07 Å². The van der Waals surface area contributed by atoms with Crippen LogP contribution < -0.4 is 17.1 Å². The zero-order valence-corrected chi connectivity index (χ0v) is 9.57. The maximum absolute atomic E-state index is 11.9. The Morgan fingerprint density at radius 2 is 2.20 bits per heavy atom. The summed E-state index contributed by atoms with van der Waals surface area (Å²) in [5, 5.41) is 7.15. The number of halogens is 3. The van der Waals surface area contributed by atoms with Gasteiger partial charge in [-0.15, -0.1) is 5.10 Å². The molecule has 4 nitrogen and oxygen atoms in total. The summed E-state index contributed by atoms with van der Waals surface area (Å²) in [6, 6.07) is 5.52. The van der Waals surface area contributed by atoms with Gasteiger partial charge in [-0.1, -0.05) is 0 Å². The Bertz CT molecular complexity index is 425. The van der Waals surface area contributed by atoms with Crippen molar-refractivity contribution in [2.75, 3.05) is 0 Å². The average molecular weight is 244 g/mol. The third-order valence-electron chi connectivity index (χ3n) is 1.43. The predicted octanol–water partition coefficient (Wildman–Crippen LogP) is -2.25. The van der Waals surface area contributed by atoms with E-state index in [1.165, 1.54) is 22.9 Å². The largest absolute Gasteiger partial charge is 2.00 e. The number of alkyl halides is 2. The smallest absolute Gasteiger partial charge is 1.00 e. The van der Waals surface area contributed by atoms with Crippen molar-refractivity contribution in [3.63, 3.8) is 0 Å². The van der Waals surface area contributed by atoms with E-state index in [0.717, 1.165) is 0 Å². The van der Waals surface area contributed by atoms with E-state index in [1.54, 1.807) is 0 Å². The van der Waals surface area contributed by atoms with E-state index in [2.05, 4.69) is 21.0 Å². The number of pyridine rings is 1. The third kappa shape index (κ3) is 3.15. The van der Waals surface area contributed by atoms with Gasteiger partial charge in [-0.25, -0.2) is 12.1 Å². The maximum atomic E-state index is 11.9. The summed E-state index contributed by atoms with van der Waals surface area (Å²) in [6.07, 6.45) is 1.28. The second-order valence-corrected chi connectivity index (χ2v) is 2.22. The number of nitrogens with zero attached hydrogens (tertiary/aromatic N) is 3. The standard InChI is InChI=1S/C7H4F2N3O.ClH.Mg/c8-7(9)13-6-3-1-2-5-11-10-4-12(5)6;;/h1,3-4,7H;1H;/q-1;;+2/p-1. The Hall–Kier alpha value is -0.664. The minimum absolute atomic E-state index is 0. The normalized spacial score (nSPS) is 9.53. The number of hydrogen-bond donors (Lipinski definition) is 0. The van der Waals surface area contributed by atoms with Gasteiger partial charge in [0.1, 0.15) is 12.2 Å². The molecule has 0 atom stereocenters. The molecule has 0 saturated carbocycles. The van der Waals surface area contributed by atoms with E-state index >= 15 is 0 Å². The van der Waals surface area contributed by atoms with Crippen LogP contribution in [0.15, 0.2) is 18.5 Å². The molecule has 15 heavy (non-hydrogen) atoms. The predicted molar refractivity (Wildman–Crippen MR) is 44.2 cm³/mol. The topological polar surface area (TPSA) is 39.4 Å². The van der Waals surface area contributed by atoms with Crippen LogP contribution in [-0.2, 0) is 0 Å². The molecule has 0 fully saturated rings. The molecular formula is C7H4ClF2MgN3O. The molecule has 0 aliphatic heterocycles. The van der Waals surface area contributed by atoms with Crippen molar-refractivity contribution in [3.8, 4) is 5.88 Å². The molecule has 0 aliphatic carbocycles. The molecule has 2 aromatic rings. The van der Waals surface area contributed by atoms with Crippen LogP contribution in [0.1, 0.15) is 0 Å². The van der Waals surface area contributed by atoms with Gasteiger partial charge in [0.15, 0.2) is 0 Å². The van der Waals surface area contributed by atoms with Gasteiger partial charge in [-0.05, 0) is 0 Å². The van der Waals surface area contributed by atoms with E-state index in [0.29, 0.717) is 5.65 Å². The minimum atomic E-state index is -2.85. The average Bonchev–Trinajstić information content (AvgIpc) is 2.51. The number of rotatable bonds is 2. The maximum Gasteiger partial charge on any atom is 2.00 e. The van der Waals surface area contributed by atoms with Crippen molar-refractivity contribution in [2.45, 2.75) is 6.61 Å². The van der Waals surface area contributed by atoms with Gasteiger partial charge in [0.25, 0.3) is 0 Å². The number of hydrogen-bond acceptors (Lipinski definition) is 3. The molecule has 76 valence electrons. The van der Waals surface area contributed by atoms with Crippen molar-refractivity contribution < 1.29 is 25.9 Å².